The van der Waals surface area contributed by atoms with Gasteiger partial charge in [0, 0.05) is 37.2 Å². The van der Waals surface area contributed by atoms with E-state index in [4.69, 9.17) is 4.74 Å². The van der Waals surface area contributed by atoms with Crippen molar-refractivity contribution in [1.29, 1.82) is 0 Å². The molecular weight excluding hydrogens is 274 g/mol. The second-order valence-corrected chi connectivity index (χ2v) is 6.30. The van der Waals surface area contributed by atoms with Gasteiger partial charge < -0.3 is 14.5 Å². The number of methoxy groups -OCH3 is 1. The maximum Gasteiger partial charge on any atom is 0.118 e. The van der Waals surface area contributed by atoms with Gasteiger partial charge in [0.15, 0.2) is 0 Å². The zero-order valence-corrected chi connectivity index (χ0v) is 13.1. The van der Waals surface area contributed by atoms with Crippen molar-refractivity contribution in [3.05, 3.63) is 42.6 Å². The largest absolute Gasteiger partial charge is 0.497 e. The number of anilines is 1. The highest BCUT2D eigenvalue weighted by Crippen LogP contribution is 2.33. The van der Waals surface area contributed by atoms with Crippen LogP contribution in [-0.2, 0) is 0 Å². The molecule has 22 heavy (non-hydrogen) atoms. The van der Waals surface area contributed by atoms with Gasteiger partial charge in [0.25, 0.3) is 0 Å². The van der Waals surface area contributed by atoms with Crippen molar-refractivity contribution in [2.45, 2.75) is 6.04 Å². The highest BCUT2D eigenvalue weighted by molar-refractivity contribution is 5.62. The molecule has 0 amide bonds. The number of rotatable bonds is 3. The van der Waals surface area contributed by atoms with E-state index in [-0.39, 0.29) is 0 Å². The average Bonchev–Trinajstić information content (AvgIpc) is 2.92. The van der Waals surface area contributed by atoms with E-state index in [1.807, 2.05) is 30.5 Å². The molecule has 2 atom stereocenters. The summed E-state index contributed by atoms with van der Waals surface area (Å²) in [5.74, 6) is 1.71. The first kappa shape index (κ1) is 13.6. The van der Waals surface area contributed by atoms with Crippen LogP contribution in [0.25, 0.3) is 11.3 Å². The van der Waals surface area contributed by atoms with Crippen LogP contribution in [0.15, 0.2) is 42.6 Å². The Bertz CT molecular complexity index is 653. The van der Waals surface area contributed by atoms with Crippen molar-refractivity contribution in [2.75, 3.05) is 38.7 Å². The van der Waals surface area contributed by atoms with Crippen LogP contribution in [0.5, 0.6) is 5.75 Å². The van der Waals surface area contributed by atoms with Gasteiger partial charge in [-0.25, -0.2) is 0 Å². The molecule has 0 radical (unpaired) electrons. The number of hydrogen-bond acceptors (Lipinski definition) is 4. The van der Waals surface area contributed by atoms with Crippen molar-refractivity contribution in [2.24, 2.45) is 5.92 Å². The van der Waals surface area contributed by atoms with Crippen LogP contribution in [0, 0.1) is 5.92 Å². The Kier molecular flexibility index (Phi) is 3.26. The molecule has 2 aliphatic heterocycles. The lowest BCUT2D eigenvalue weighted by molar-refractivity contribution is 0.0827. The summed E-state index contributed by atoms with van der Waals surface area (Å²) in [5, 5.41) is 0. The second kappa shape index (κ2) is 5.29. The molecule has 1 aromatic heterocycles. The molecule has 2 aromatic rings. The predicted molar refractivity (Wildman–Crippen MR) is 88.3 cm³/mol. The normalized spacial score (nSPS) is 24.0. The van der Waals surface area contributed by atoms with Gasteiger partial charge in [-0.15, -0.1) is 0 Å². The van der Waals surface area contributed by atoms with E-state index in [1.165, 1.54) is 18.8 Å². The lowest BCUT2D eigenvalue weighted by atomic mass is 9.93. The Morgan fingerprint density at radius 3 is 2.45 bits per heavy atom. The molecule has 2 fully saturated rings. The summed E-state index contributed by atoms with van der Waals surface area (Å²) in [6.07, 6.45) is 2.00. The first-order valence-corrected chi connectivity index (χ1v) is 7.80. The van der Waals surface area contributed by atoms with Crippen LogP contribution in [0.4, 0.5) is 5.69 Å². The zero-order chi connectivity index (χ0) is 15.1. The third-order valence-electron chi connectivity index (χ3n) is 4.99. The number of benzene rings is 1. The highest BCUT2D eigenvalue weighted by atomic mass is 16.5. The number of likely N-dealkylation sites (N-methyl/N-ethyl adjacent to an activating group) is 1. The molecule has 1 aromatic carbocycles. The van der Waals surface area contributed by atoms with E-state index in [0.717, 1.165) is 35.5 Å². The molecule has 0 spiro atoms. The van der Waals surface area contributed by atoms with Gasteiger partial charge >= 0.3 is 0 Å². The smallest absolute Gasteiger partial charge is 0.118 e. The fourth-order valence-corrected chi connectivity index (χ4v) is 3.62. The van der Waals surface area contributed by atoms with Gasteiger partial charge in [0.2, 0.25) is 0 Å². The maximum absolute atomic E-state index is 5.20. The lowest BCUT2D eigenvalue weighted by Gasteiger charge is -2.40. The molecule has 0 aliphatic carbocycles. The van der Waals surface area contributed by atoms with Crippen LogP contribution >= 0.6 is 0 Å². The molecule has 0 saturated carbocycles. The zero-order valence-electron chi connectivity index (χ0n) is 13.1. The summed E-state index contributed by atoms with van der Waals surface area (Å²) in [4.78, 5) is 9.55. The molecular formula is C18H21N3O. The van der Waals surface area contributed by atoms with Crippen LogP contribution in [0.2, 0.25) is 0 Å². The fourth-order valence-electron chi connectivity index (χ4n) is 3.62. The van der Waals surface area contributed by atoms with E-state index in [9.17, 15) is 0 Å². The number of pyridine rings is 1. The minimum Gasteiger partial charge on any atom is -0.497 e. The summed E-state index contributed by atoms with van der Waals surface area (Å²) in [5.41, 5.74) is 3.36. The van der Waals surface area contributed by atoms with Gasteiger partial charge in [-0.3, -0.25) is 4.98 Å². The van der Waals surface area contributed by atoms with Crippen LogP contribution in [0.3, 0.4) is 0 Å². The molecule has 4 rings (SSSR count). The average molecular weight is 295 g/mol. The molecule has 4 heteroatoms. The van der Waals surface area contributed by atoms with Crippen LogP contribution in [0.1, 0.15) is 0 Å². The lowest BCUT2D eigenvalue weighted by Crippen LogP contribution is -2.52. The number of fused-ring (bicyclic) bond motifs is 1. The van der Waals surface area contributed by atoms with Crippen molar-refractivity contribution in [3.8, 4) is 17.0 Å². The van der Waals surface area contributed by atoms with Gasteiger partial charge in [0.1, 0.15) is 5.75 Å². The second-order valence-electron chi connectivity index (χ2n) is 6.30. The molecule has 2 aliphatic rings. The number of likely N-dealkylation sites (tertiary alicyclic amines) is 1. The number of hydrogen-bond donors (Lipinski definition) is 0. The van der Waals surface area contributed by atoms with Gasteiger partial charge in [0.05, 0.1) is 24.7 Å². The van der Waals surface area contributed by atoms with Gasteiger partial charge in [-0.05, 0) is 43.4 Å². The molecule has 2 saturated heterocycles. The summed E-state index contributed by atoms with van der Waals surface area (Å²) >= 11 is 0. The van der Waals surface area contributed by atoms with Crippen LogP contribution in [-0.4, -0.2) is 49.7 Å². The monoisotopic (exact) mass is 295 g/mol. The Hall–Kier alpha value is -2.07. The Balaban J connectivity index is 1.50. The molecule has 4 nitrogen and oxygen atoms in total. The molecule has 114 valence electrons. The van der Waals surface area contributed by atoms with Crippen molar-refractivity contribution < 1.29 is 4.74 Å². The maximum atomic E-state index is 5.20. The topological polar surface area (TPSA) is 28.6 Å². The Labute approximate surface area is 131 Å². The van der Waals surface area contributed by atoms with Gasteiger partial charge in [-0.1, -0.05) is 0 Å². The minimum absolute atomic E-state index is 0.737. The standard InChI is InChI=1S/C18H21N3O/c1-20-10-14-11-21(12-18(14)20)15-5-8-17(19-9-15)13-3-6-16(22-2)7-4-13/h3-9,14,18H,10-12H2,1-2H3/t14-,18+/m1/s1. The van der Waals surface area contributed by atoms with E-state index in [2.05, 4.69) is 34.0 Å². The van der Waals surface area contributed by atoms with Crippen molar-refractivity contribution in [3.63, 3.8) is 0 Å². The summed E-state index contributed by atoms with van der Waals surface area (Å²) in [6, 6.07) is 13.1. The highest BCUT2D eigenvalue weighted by Gasteiger charge is 2.43. The Morgan fingerprint density at radius 2 is 1.86 bits per heavy atom. The summed E-state index contributed by atoms with van der Waals surface area (Å²) in [6.45, 7) is 3.53. The van der Waals surface area contributed by atoms with E-state index in [1.54, 1.807) is 7.11 Å². The third-order valence-corrected chi connectivity index (χ3v) is 4.99. The minimum atomic E-state index is 0.737. The first-order valence-electron chi connectivity index (χ1n) is 7.80. The van der Waals surface area contributed by atoms with E-state index < -0.39 is 0 Å². The summed E-state index contributed by atoms with van der Waals surface area (Å²) in [7, 11) is 3.90. The molecule has 0 unspecified atom stereocenters. The van der Waals surface area contributed by atoms with Crippen molar-refractivity contribution >= 4 is 5.69 Å². The fraction of sp³-hybridized carbons (Fsp3) is 0.389. The third kappa shape index (κ3) is 2.24. The Morgan fingerprint density at radius 1 is 1.05 bits per heavy atom. The van der Waals surface area contributed by atoms with E-state index >= 15 is 0 Å². The number of aromatic nitrogens is 1. The molecule has 0 N–H and O–H groups in total. The molecule has 0 bridgehead atoms. The molecule has 3 heterocycles. The predicted octanol–water partition coefficient (Wildman–Crippen LogP) is 2.51. The van der Waals surface area contributed by atoms with Gasteiger partial charge in [-0.2, -0.15) is 0 Å². The first-order chi connectivity index (χ1) is 10.7. The number of ether oxygens (including phenoxy) is 1. The van der Waals surface area contributed by atoms with Crippen LogP contribution < -0.4 is 9.64 Å². The number of nitrogens with zero attached hydrogens (tertiary/aromatic N) is 3. The van der Waals surface area contributed by atoms with E-state index in [0.29, 0.717) is 0 Å². The SMILES string of the molecule is COc1ccc(-c2ccc(N3C[C@H]4CN(C)[C@H]4C3)cn2)cc1. The van der Waals surface area contributed by atoms with Crippen molar-refractivity contribution in [1.82, 2.24) is 9.88 Å². The summed E-state index contributed by atoms with van der Waals surface area (Å²) < 4.78 is 5.20. The quantitative estimate of drug-likeness (QED) is 0.870.